The van der Waals surface area contributed by atoms with Gasteiger partial charge in [-0.3, -0.25) is 9.59 Å². The number of amides is 2. The van der Waals surface area contributed by atoms with Gasteiger partial charge in [0.1, 0.15) is 5.82 Å². The summed E-state index contributed by atoms with van der Waals surface area (Å²) in [6.07, 6.45) is 1.40. The number of ether oxygens (including phenoxy) is 1. The predicted octanol–water partition coefficient (Wildman–Crippen LogP) is 2.54. The topological polar surface area (TPSA) is 46.6 Å². The predicted molar refractivity (Wildman–Crippen MR) is 73.4 cm³/mol. The highest BCUT2D eigenvalue weighted by Gasteiger charge is 2.67. The van der Waals surface area contributed by atoms with Crippen LogP contribution < -0.4 is 4.90 Å². The molecule has 3 aliphatic rings. The van der Waals surface area contributed by atoms with Crippen molar-refractivity contribution in [1.82, 2.24) is 0 Å². The van der Waals surface area contributed by atoms with E-state index in [4.69, 9.17) is 16.3 Å². The lowest BCUT2D eigenvalue weighted by Crippen LogP contribution is -2.39. The number of nitrogens with zero attached hydrogens (tertiary/aromatic N) is 1. The summed E-state index contributed by atoms with van der Waals surface area (Å²) >= 11 is 5.76. The van der Waals surface area contributed by atoms with Crippen LogP contribution >= 0.6 is 11.6 Å². The molecule has 4 nitrogen and oxygen atoms in total. The van der Waals surface area contributed by atoms with E-state index in [1.807, 2.05) is 6.92 Å². The molecule has 21 heavy (non-hydrogen) atoms. The van der Waals surface area contributed by atoms with E-state index in [1.54, 1.807) is 0 Å². The Balaban J connectivity index is 1.77. The molecule has 0 saturated carbocycles. The molecular formula is C15H13ClFNO3. The number of anilines is 1. The molecule has 1 aromatic carbocycles. The van der Waals surface area contributed by atoms with Crippen molar-refractivity contribution in [3.63, 3.8) is 0 Å². The second-order valence-electron chi connectivity index (χ2n) is 6.12. The monoisotopic (exact) mass is 309 g/mol. The minimum Gasteiger partial charge on any atom is -0.370 e. The molecule has 1 aromatic rings. The van der Waals surface area contributed by atoms with Gasteiger partial charge >= 0.3 is 0 Å². The van der Waals surface area contributed by atoms with Crippen LogP contribution in [-0.2, 0) is 14.3 Å². The molecule has 2 bridgehead atoms. The normalized spacial score (nSPS) is 37.5. The van der Waals surface area contributed by atoms with Crippen molar-refractivity contribution in [3.05, 3.63) is 29.0 Å². The SMILES string of the molecule is CC12CCC(O1)C1C(=O)N(c3ccc(F)c(Cl)c3)C(=O)C12. The van der Waals surface area contributed by atoms with Crippen LogP contribution in [0.25, 0.3) is 0 Å². The van der Waals surface area contributed by atoms with Crippen LogP contribution in [0.15, 0.2) is 18.2 Å². The van der Waals surface area contributed by atoms with E-state index in [-0.39, 0.29) is 22.9 Å². The van der Waals surface area contributed by atoms with Crippen molar-refractivity contribution in [2.45, 2.75) is 31.5 Å². The first-order valence-corrected chi connectivity index (χ1v) is 7.31. The lowest BCUT2D eigenvalue weighted by molar-refractivity contribution is -0.126. The average molecular weight is 310 g/mol. The standard InChI is InChI=1S/C15H13ClFNO3/c1-15-5-4-10(21-15)11-12(15)14(20)18(13(11)19)7-2-3-9(17)8(16)6-7/h2-3,6,10-12H,4-5H2,1H3. The zero-order chi connectivity index (χ0) is 14.9. The van der Waals surface area contributed by atoms with Crippen LogP contribution in [0.3, 0.4) is 0 Å². The van der Waals surface area contributed by atoms with E-state index in [9.17, 15) is 14.0 Å². The summed E-state index contributed by atoms with van der Waals surface area (Å²) in [5.74, 6) is -1.96. The summed E-state index contributed by atoms with van der Waals surface area (Å²) < 4.78 is 19.1. The molecule has 0 aromatic heterocycles. The van der Waals surface area contributed by atoms with Crippen LogP contribution in [0.2, 0.25) is 5.02 Å². The Kier molecular flexibility index (Phi) is 2.55. The Bertz CT molecular complexity index is 679. The van der Waals surface area contributed by atoms with Crippen molar-refractivity contribution >= 4 is 29.1 Å². The molecule has 0 radical (unpaired) electrons. The second-order valence-corrected chi connectivity index (χ2v) is 6.53. The molecular weight excluding hydrogens is 297 g/mol. The molecule has 6 heteroatoms. The number of hydrogen-bond acceptors (Lipinski definition) is 3. The fourth-order valence-corrected chi connectivity index (χ4v) is 4.14. The van der Waals surface area contributed by atoms with Crippen molar-refractivity contribution < 1.29 is 18.7 Å². The van der Waals surface area contributed by atoms with Gasteiger partial charge < -0.3 is 4.74 Å². The Morgan fingerprint density at radius 2 is 2.14 bits per heavy atom. The first-order chi connectivity index (χ1) is 9.92. The third kappa shape index (κ3) is 1.59. The number of fused-ring (bicyclic) bond motifs is 5. The molecule has 3 aliphatic heterocycles. The van der Waals surface area contributed by atoms with Gasteiger partial charge in [0.2, 0.25) is 11.8 Å². The van der Waals surface area contributed by atoms with E-state index in [0.717, 1.165) is 17.7 Å². The Labute approximate surface area is 125 Å². The molecule has 4 atom stereocenters. The number of carbonyl (C=O) groups excluding carboxylic acids is 2. The molecule has 2 amide bonds. The zero-order valence-electron chi connectivity index (χ0n) is 11.3. The van der Waals surface area contributed by atoms with E-state index in [0.29, 0.717) is 5.69 Å². The number of rotatable bonds is 1. The summed E-state index contributed by atoms with van der Waals surface area (Å²) in [5.41, 5.74) is -0.227. The third-order valence-corrected chi connectivity index (χ3v) is 5.21. The Morgan fingerprint density at radius 3 is 2.81 bits per heavy atom. The molecule has 3 heterocycles. The van der Waals surface area contributed by atoms with Gasteiger partial charge in [0.25, 0.3) is 0 Å². The Morgan fingerprint density at radius 1 is 1.38 bits per heavy atom. The van der Waals surface area contributed by atoms with Gasteiger partial charge in [0.05, 0.1) is 34.3 Å². The molecule has 0 N–H and O–H groups in total. The summed E-state index contributed by atoms with van der Waals surface area (Å²) in [6, 6.07) is 3.89. The molecule has 4 rings (SSSR count). The lowest BCUT2D eigenvalue weighted by Gasteiger charge is -2.26. The highest BCUT2D eigenvalue weighted by Crippen LogP contribution is 2.55. The van der Waals surface area contributed by atoms with Gasteiger partial charge in [-0.25, -0.2) is 9.29 Å². The molecule has 0 spiro atoms. The largest absolute Gasteiger partial charge is 0.370 e. The van der Waals surface area contributed by atoms with Crippen LogP contribution in [-0.4, -0.2) is 23.5 Å². The molecule has 3 fully saturated rings. The maximum Gasteiger partial charge on any atom is 0.240 e. The number of benzene rings is 1. The summed E-state index contributed by atoms with van der Waals surface area (Å²) in [7, 11) is 0. The van der Waals surface area contributed by atoms with Gasteiger partial charge in [0.15, 0.2) is 0 Å². The van der Waals surface area contributed by atoms with E-state index >= 15 is 0 Å². The number of carbonyl (C=O) groups is 2. The van der Waals surface area contributed by atoms with Gasteiger partial charge in [-0.05, 0) is 38.0 Å². The van der Waals surface area contributed by atoms with Gasteiger partial charge in [-0.1, -0.05) is 11.6 Å². The van der Waals surface area contributed by atoms with Crippen LogP contribution in [0, 0.1) is 17.7 Å². The summed E-state index contributed by atoms with van der Waals surface area (Å²) in [6.45, 7) is 1.89. The third-order valence-electron chi connectivity index (χ3n) is 4.92. The lowest BCUT2D eigenvalue weighted by atomic mass is 9.74. The summed E-state index contributed by atoms with van der Waals surface area (Å²) in [5, 5.41) is -0.101. The molecule has 3 saturated heterocycles. The number of halogens is 2. The minimum atomic E-state index is -0.574. The van der Waals surface area contributed by atoms with Crippen LogP contribution in [0.5, 0.6) is 0 Å². The molecule has 110 valence electrons. The van der Waals surface area contributed by atoms with E-state index < -0.39 is 23.3 Å². The van der Waals surface area contributed by atoms with Crippen molar-refractivity contribution in [2.24, 2.45) is 11.8 Å². The minimum absolute atomic E-state index is 0.101. The van der Waals surface area contributed by atoms with E-state index in [2.05, 4.69) is 0 Å². The smallest absolute Gasteiger partial charge is 0.240 e. The molecule has 0 aliphatic carbocycles. The second kappa shape index (κ2) is 4.05. The quantitative estimate of drug-likeness (QED) is 0.749. The van der Waals surface area contributed by atoms with Crippen molar-refractivity contribution in [3.8, 4) is 0 Å². The number of hydrogen-bond donors (Lipinski definition) is 0. The van der Waals surface area contributed by atoms with Crippen LogP contribution in [0.1, 0.15) is 19.8 Å². The van der Waals surface area contributed by atoms with Gasteiger partial charge in [0, 0.05) is 0 Å². The highest BCUT2D eigenvalue weighted by atomic mass is 35.5. The molecule has 4 unspecified atom stereocenters. The Hall–Kier alpha value is -1.46. The highest BCUT2D eigenvalue weighted by molar-refractivity contribution is 6.31. The fraction of sp³-hybridized carbons (Fsp3) is 0.467. The van der Waals surface area contributed by atoms with Crippen molar-refractivity contribution in [2.75, 3.05) is 4.90 Å². The fourth-order valence-electron chi connectivity index (χ4n) is 3.96. The average Bonchev–Trinajstić information content (AvgIpc) is 3.03. The first kappa shape index (κ1) is 13.2. The van der Waals surface area contributed by atoms with E-state index in [1.165, 1.54) is 18.2 Å². The van der Waals surface area contributed by atoms with Gasteiger partial charge in [-0.2, -0.15) is 0 Å². The first-order valence-electron chi connectivity index (χ1n) is 6.93. The number of imide groups is 1. The van der Waals surface area contributed by atoms with Crippen molar-refractivity contribution in [1.29, 1.82) is 0 Å². The summed E-state index contributed by atoms with van der Waals surface area (Å²) in [4.78, 5) is 26.4. The maximum absolute atomic E-state index is 13.3. The van der Waals surface area contributed by atoms with Crippen LogP contribution in [0.4, 0.5) is 10.1 Å². The maximum atomic E-state index is 13.3. The van der Waals surface area contributed by atoms with Gasteiger partial charge in [-0.15, -0.1) is 0 Å². The zero-order valence-corrected chi connectivity index (χ0v) is 12.1.